The molecule has 2 heterocycles. The number of hydrogen-bond donors (Lipinski definition) is 0. The van der Waals surface area contributed by atoms with Gasteiger partial charge in [0.15, 0.2) is 0 Å². The standard InChI is InChI=1S/C24H30F3N3O5/c1-3-35-23(34)17-7-5-9-29(13-17)21(32)15-28(2)22(33)18-11-20(31)30(14-18)12-16-6-4-8-19(10-16)24(25,26)27/h4,6,8,10,17-18H,3,5,7,9,11-15H2,1-2H3. The second-order valence-electron chi connectivity index (χ2n) is 9.00. The summed E-state index contributed by atoms with van der Waals surface area (Å²) in [6, 6.07) is 4.75. The van der Waals surface area contributed by atoms with Crippen LogP contribution in [0.4, 0.5) is 13.2 Å². The highest BCUT2D eigenvalue weighted by Crippen LogP contribution is 2.30. The van der Waals surface area contributed by atoms with Crippen molar-refractivity contribution in [1.29, 1.82) is 0 Å². The van der Waals surface area contributed by atoms with Gasteiger partial charge < -0.3 is 19.4 Å². The Morgan fingerprint density at radius 1 is 1.17 bits per heavy atom. The summed E-state index contributed by atoms with van der Waals surface area (Å²) in [6.45, 7) is 2.58. The third-order valence-electron chi connectivity index (χ3n) is 6.33. The van der Waals surface area contributed by atoms with Crippen molar-refractivity contribution < 1.29 is 37.1 Å². The summed E-state index contributed by atoms with van der Waals surface area (Å²) in [4.78, 5) is 54.3. The van der Waals surface area contributed by atoms with Crippen LogP contribution < -0.4 is 0 Å². The number of piperidine rings is 1. The fourth-order valence-electron chi connectivity index (χ4n) is 4.51. The first-order valence-electron chi connectivity index (χ1n) is 11.6. The van der Waals surface area contributed by atoms with Crippen molar-refractivity contribution in [1.82, 2.24) is 14.7 Å². The van der Waals surface area contributed by atoms with Crippen LogP contribution in [-0.2, 0) is 36.6 Å². The number of ether oxygens (including phenoxy) is 1. The zero-order valence-electron chi connectivity index (χ0n) is 19.8. The van der Waals surface area contributed by atoms with Crippen molar-refractivity contribution in [3.8, 4) is 0 Å². The van der Waals surface area contributed by atoms with Gasteiger partial charge in [0.05, 0.1) is 30.6 Å². The normalized spacial score (nSPS) is 20.7. The third kappa shape index (κ3) is 6.73. The highest BCUT2D eigenvalue weighted by atomic mass is 19.4. The molecule has 2 aliphatic rings. The van der Waals surface area contributed by atoms with Gasteiger partial charge in [-0.1, -0.05) is 12.1 Å². The van der Waals surface area contributed by atoms with Crippen molar-refractivity contribution in [2.45, 2.75) is 38.9 Å². The number of esters is 1. The number of benzene rings is 1. The van der Waals surface area contributed by atoms with E-state index in [1.165, 1.54) is 29.0 Å². The van der Waals surface area contributed by atoms with Gasteiger partial charge >= 0.3 is 12.1 Å². The molecule has 0 aromatic heterocycles. The first-order chi connectivity index (χ1) is 16.5. The number of amides is 3. The molecule has 3 rings (SSSR count). The minimum atomic E-state index is -4.48. The van der Waals surface area contributed by atoms with Gasteiger partial charge in [-0.2, -0.15) is 13.2 Å². The molecule has 35 heavy (non-hydrogen) atoms. The molecule has 192 valence electrons. The Kier molecular flexibility index (Phi) is 8.39. The third-order valence-corrected chi connectivity index (χ3v) is 6.33. The van der Waals surface area contributed by atoms with Crippen LogP contribution in [0.1, 0.15) is 37.3 Å². The van der Waals surface area contributed by atoms with Crippen LogP contribution in [0, 0.1) is 11.8 Å². The maximum absolute atomic E-state index is 13.0. The number of alkyl halides is 3. The molecular weight excluding hydrogens is 467 g/mol. The van der Waals surface area contributed by atoms with Gasteiger partial charge in [0.25, 0.3) is 0 Å². The van der Waals surface area contributed by atoms with Crippen molar-refractivity contribution in [2.24, 2.45) is 11.8 Å². The van der Waals surface area contributed by atoms with Gasteiger partial charge in [0.2, 0.25) is 17.7 Å². The lowest BCUT2D eigenvalue weighted by Crippen LogP contribution is -2.48. The lowest BCUT2D eigenvalue weighted by Gasteiger charge is -2.33. The van der Waals surface area contributed by atoms with E-state index in [1.54, 1.807) is 11.8 Å². The highest BCUT2D eigenvalue weighted by Gasteiger charge is 2.37. The molecule has 2 fully saturated rings. The number of likely N-dealkylation sites (tertiary alicyclic amines) is 2. The zero-order valence-corrected chi connectivity index (χ0v) is 19.8. The lowest BCUT2D eigenvalue weighted by molar-refractivity contribution is -0.152. The molecule has 8 nitrogen and oxygen atoms in total. The summed E-state index contributed by atoms with van der Waals surface area (Å²) in [6.07, 6.45) is -3.24. The molecule has 3 amide bonds. The van der Waals surface area contributed by atoms with Gasteiger partial charge in [0.1, 0.15) is 0 Å². The van der Waals surface area contributed by atoms with Gasteiger partial charge in [0, 0.05) is 39.6 Å². The van der Waals surface area contributed by atoms with E-state index < -0.39 is 17.7 Å². The molecule has 2 aliphatic heterocycles. The minimum absolute atomic E-state index is 0.0296. The van der Waals surface area contributed by atoms with E-state index in [4.69, 9.17) is 4.74 Å². The Bertz CT molecular complexity index is 968. The van der Waals surface area contributed by atoms with Crippen LogP contribution in [0.5, 0.6) is 0 Å². The lowest BCUT2D eigenvalue weighted by atomic mass is 9.98. The van der Waals surface area contributed by atoms with Crippen LogP contribution >= 0.6 is 0 Å². The van der Waals surface area contributed by atoms with E-state index in [0.29, 0.717) is 24.9 Å². The van der Waals surface area contributed by atoms with E-state index in [2.05, 4.69) is 0 Å². The van der Waals surface area contributed by atoms with Crippen LogP contribution in [0.25, 0.3) is 0 Å². The molecule has 0 saturated carbocycles. The number of hydrogen-bond acceptors (Lipinski definition) is 5. The summed E-state index contributed by atoms with van der Waals surface area (Å²) in [7, 11) is 1.48. The number of carbonyl (C=O) groups is 4. The second kappa shape index (κ2) is 11.1. The number of rotatable bonds is 7. The molecule has 2 saturated heterocycles. The Morgan fingerprint density at radius 3 is 2.60 bits per heavy atom. The summed E-state index contributed by atoms with van der Waals surface area (Å²) >= 11 is 0. The van der Waals surface area contributed by atoms with E-state index in [1.807, 2.05) is 0 Å². The van der Waals surface area contributed by atoms with Crippen molar-refractivity contribution in [2.75, 3.05) is 39.8 Å². The predicted octanol–water partition coefficient (Wildman–Crippen LogP) is 2.31. The van der Waals surface area contributed by atoms with E-state index in [-0.39, 0.29) is 68.8 Å². The highest BCUT2D eigenvalue weighted by molar-refractivity contribution is 5.91. The van der Waals surface area contributed by atoms with Gasteiger partial charge in [-0.05, 0) is 37.5 Å². The minimum Gasteiger partial charge on any atom is -0.466 e. The predicted molar refractivity (Wildman–Crippen MR) is 119 cm³/mol. The molecule has 2 unspecified atom stereocenters. The zero-order chi connectivity index (χ0) is 25.8. The van der Waals surface area contributed by atoms with E-state index in [0.717, 1.165) is 12.1 Å². The summed E-state index contributed by atoms with van der Waals surface area (Å²) < 4.78 is 43.9. The fourth-order valence-corrected chi connectivity index (χ4v) is 4.51. The second-order valence-corrected chi connectivity index (χ2v) is 9.00. The average molecular weight is 498 g/mol. The number of carbonyl (C=O) groups excluding carboxylic acids is 4. The number of likely N-dealkylation sites (N-methyl/N-ethyl adjacent to an activating group) is 1. The van der Waals surface area contributed by atoms with Crippen LogP contribution in [0.15, 0.2) is 24.3 Å². The molecule has 1 aromatic carbocycles. The van der Waals surface area contributed by atoms with Gasteiger partial charge in [-0.25, -0.2) is 0 Å². The maximum Gasteiger partial charge on any atom is 0.416 e. The molecule has 2 atom stereocenters. The summed E-state index contributed by atoms with van der Waals surface area (Å²) in [5, 5.41) is 0. The smallest absolute Gasteiger partial charge is 0.416 e. The Morgan fingerprint density at radius 2 is 1.91 bits per heavy atom. The quantitative estimate of drug-likeness (QED) is 0.540. The molecule has 11 heteroatoms. The van der Waals surface area contributed by atoms with Crippen molar-refractivity contribution in [3.63, 3.8) is 0 Å². The first kappa shape index (κ1) is 26.5. The van der Waals surface area contributed by atoms with Crippen LogP contribution in [0.3, 0.4) is 0 Å². The van der Waals surface area contributed by atoms with Crippen molar-refractivity contribution >= 4 is 23.7 Å². The van der Waals surface area contributed by atoms with Gasteiger partial charge in [-0.3, -0.25) is 19.2 Å². The Balaban J connectivity index is 1.54. The fraction of sp³-hybridized carbons (Fsp3) is 0.583. The Hall–Kier alpha value is -3.11. The first-order valence-corrected chi connectivity index (χ1v) is 11.6. The van der Waals surface area contributed by atoms with Gasteiger partial charge in [-0.15, -0.1) is 0 Å². The molecular formula is C24H30F3N3O5. The summed E-state index contributed by atoms with van der Waals surface area (Å²) in [5.74, 6) is -2.39. The summed E-state index contributed by atoms with van der Waals surface area (Å²) in [5.41, 5.74) is -0.471. The van der Waals surface area contributed by atoms with E-state index >= 15 is 0 Å². The van der Waals surface area contributed by atoms with Crippen molar-refractivity contribution in [3.05, 3.63) is 35.4 Å². The molecule has 0 radical (unpaired) electrons. The molecule has 0 aliphatic carbocycles. The number of halogens is 3. The van der Waals surface area contributed by atoms with Crippen LogP contribution in [-0.4, -0.2) is 78.2 Å². The van der Waals surface area contributed by atoms with E-state index in [9.17, 15) is 32.3 Å². The maximum atomic E-state index is 13.0. The van der Waals surface area contributed by atoms with Crippen LogP contribution in [0.2, 0.25) is 0 Å². The SMILES string of the molecule is CCOC(=O)C1CCCN(C(=O)CN(C)C(=O)C2CC(=O)N(Cc3cccc(C(F)(F)F)c3)C2)C1. The Labute approximate surface area is 202 Å². The molecule has 0 spiro atoms. The monoisotopic (exact) mass is 497 g/mol. The topological polar surface area (TPSA) is 87.2 Å². The molecule has 0 N–H and O–H groups in total. The largest absolute Gasteiger partial charge is 0.466 e. The molecule has 0 bridgehead atoms. The number of nitrogens with zero attached hydrogens (tertiary/aromatic N) is 3. The molecule has 1 aromatic rings. The average Bonchev–Trinajstić information content (AvgIpc) is 3.18.